The van der Waals surface area contributed by atoms with Gasteiger partial charge in [-0.3, -0.25) is 0 Å². The first kappa shape index (κ1) is 14.6. The maximum atomic E-state index is 11.3. The van der Waals surface area contributed by atoms with Crippen LogP contribution in [0.1, 0.15) is 34.6 Å². The third kappa shape index (κ3) is 7.50. The minimum Gasteiger partial charge on any atom is -0.444 e. The largest absolute Gasteiger partial charge is 0.444 e. The summed E-state index contributed by atoms with van der Waals surface area (Å²) >= 11 is 4.00. The standard InChI is InChI=1S/C10H21NO3S/c1-7(10(5,13)15)6-11-8(12)14-9(2,3)4/h7,13,15H,6H2,1-5H3,(H,11,12). The summed E-state index contributed by atoms with van der Waals surface area (Å²) in [5.41, 5.74) is -0.503. The number of amides is 1. The van der Waals surface area contributed by atoms with Gasteiger partial charge in [0.25, 0.3) is 0 Å². The van der Waals surface area contributed by atoms with Gasteiger partial charge in [0.15, 0.2) is 0 Å². The molecule has 0 saturated heterocycles. The maximum absolute atomic E-state index is 11.3. The summed E-state index contributed by atoms with van der Waals surface area (Å²) in [4.78, 5) is 10.1. The quantitative estimate of drug-likeness (QED) is 0.516. The Morgan fingerprint density at radius 1 is 1.47 bits per heavy atom. The van der Waals surface area contributed by atoms with Gasteiger partial charge < -0.3 is 15.2 Å². The third-order valence-electron chi connectivity index (χ3n) is 1.89. The van der Waals surface area contributed by atoms with Crippen LogP contribution in [0.15, 0.2) is 0 Å². The highest BCUT2D eigenvalue weighted by Crippen LogP contribution is 2.19. The van der Waals surface area contributed by atoms with Gasteiger partial charge in [-0.2, -0.15) is 0 Å². The normalized spacial score (nSPS) is 17.8. The topological polar surface area (TPSA) is 58.6 Å². The molecule has 4 nitrogen and oxygen atoms in total. The lowest BCUT2D eigenvalue weighted by atomic mass is 10.1. The molecule has 0 aliphatic carbocycles. The molecule has 2 atom stereocenters. The smallest absolute Gasteiger partial charge is 0.407 e. The highest BCUT2D eigenvalue weighted by atomic mass is 32.1. The fourth-order valence-corrected chi connectivity index (χ4v) is 0.835. The minimum atomic E-state index is -1.10. The molecule has 15 heavy (non-hydrogen) atoms. The molecule has 0 heterocycles. The van der Waals surface area contributed by atoms with Gasteiger partial charge in [-0.1, -0.05) is 6.92 Å². The van der Waals surface area contributed by atoms with Crippen molar-refractivity contribution in [2.24, 2.45) is 5.92 Å². The molecule has 2 N–H and O–H groups in total. The molecule has 2 unspecified atom stereocenters. The van der Waals surface area contributed by atoms with E-state index in [1.54, 1.807) is 34.6 Å². The predicted molar refractivity (Wildman–Crippen MR) is 63.0 cm³/mol. The van der Waals surface area contributed by atoms with Crippen LogP contribution >= 0.6 is 12.6 Å². The van der Waals surface area contributed by atoms with E-state index >= 15 is 0 Å². The number of hydrogen-bond acceptors (Lipinski definition) is 4. The van der Waals surface area contributed by atoms with E-state index in [2.05, 4.69) is 17.9 Å². The molecule has 0 saturated carbocycles. The molecule has 0 aromatic rings. The number of ether oxygens (including phenoxy) is 1. The van der Waals surface area contributed by atoms with Crippen LogP contribution in [0.5, 0.6) is 0 Å². The molecule has 1 amide bonds. The first-order valence-corrected chi connectivity index (χ1v) is 5.38. The summed E-state index contributed by atoms with van der Waals surface area (Å²) in [7, 11) is 0. The summed E-state index contributed by atoms with van der Waals surface area (Å²) in [6, 6.07) is 0. The van der Waals surface area contributed by atoms with E-state index in [1.165, 1.54) is 0 Å². The Hall–Kier alpha value is -0.420. The van der Waals surface area contributed by atoms with E-state index < -0.39 is 16.6 Å². The van der Waals surface area contributed by atoms with Gasteiger partial charge >= 0.3 is 6.09 Å². The van der Waals surface area contributed by atoms with Crippen molar-refractivity contribution in [2.75, 3.05) is 6.54 Å². The van der Waals surface area contributed by atoms with Crippen LogP contribution in [0.3, 0.4) is 0 Å². The van der Waals surface area contributed by atoms with Crippen LogP contribution in [-0.4, -0.2) is 28.3 Å². The Kier molecular flexibility index (Phi) is 4.93. The number of rotatable bonds is 3. The average molecular weight is 235 g/mol. The lowest BCUT2D eigenvalue weighted by molar-refractivity contribution is 0.0483. The van der Waals surface area contributed by atoms with E-state index in [1.807, 2.05) is 0 Å². The number of carbonyl (C=O) groups excluding carboxylic acids is 1. The molecule has 5 heteroatoms. The van der Waals surface area contributed by atoms with Crippen LogP contribution in [0.4, 0.5) is 4.79 Å². The van der Waals surface area contributed by atoms with Crippen LogP contribution in [0, 0.1) is 5.92 Å². The van der Waals surface area contributed by atoms with Crippen LogP contribution in [-0.2, 0) is 4.74 Å². The molecule has 0 aromatic heterocycles. The second-order valence-electron chi connectivity index (χ2n) is 4.88. The van der Waals surface area contributed by atoms with Crippen molar-refractivity contribution in [2.45, 2.75) is 45.2 Å². The van der Waals surface area contributed by atoms with Gasteiger partial charge in [-0.15, -0.1) is 12.6 Å². The second-order valence-corrected chi connectivity index (χ2v) is 5.78. The van der Waals surface area contributed by atoms with Crippen molar-refractivity contribution in [1.29, 1.82) is 0 Å². The summed E-state index contributed by atoms with van der Waals surface area (Å²) in [5, 5.41) is 12.1. The highest BCUT2D eigenvalue weighted by molar-refractivity contribution is 7.81. The lowest BCUT2D eigenvalue weighted by Crippen LogP contribution is -2.39. The fourth-order valence-electron chi connectivity index (χ4n) is 0.744. The van der Waals surface area contributed by atoms with Gasteiger partial charge in [-0.25, -0.2) is 4.79 Å². The summed E-state index contributed by atoms with van der Waals surface area (Å²) in [6.07, 6.45) is -0.480. The first-order chi connectivity index (χ1) is 6.52. The molecule has 0 spiro atoms. The molecule has 0 radical (unpaired) electrons. The zero-order chi connectivity index (χ0) is 12.3. The van der Waals surface area contributed by atoms with Gasteiger partial charge in [0.1, 0.15) is 10.5 Å². The molecule has 0 rings (SSSR count). The zero-order valence-electron chi connectivity index (χ0n) is 10.00. The minimum absolute atomic E-state index is 0.159. The van der Waals surface area contributed by atoms with Crippen molar-refractivity contribution in [3.05, 3.63) is 0 Å². The van der Waals surface area contributed by atoms with E-state index in [9.17, 15) is 9.90 Å². The van der Waals surface area contributed by atoms with E-state index in [-0.39, 0.29) is 5.92 Å². The SMILES string of the molecule is CC(CNC(=O)OC(C)(C)C)C(C)(O)S. The highest BCUT2D eigenvalue weighted by Gasteiger charge is 2.24. The Morgan fingerprint density at radius 3 is 2.27 bits per heavy atom. The van der Waals surface area contributed by atoms with Gasteiger partial charge in [0.2, 0.25) is 0 Å². The predicted octanol–water partition coefficient (Wildman–Crippen LogP) is 1.79. The van der Waals surface area contributed by atoms with Crippen LogP contribution in [0.25, 0.3) is 0 Å². The summed E-state index contributed by atoms with van der Waals surface area (Å²) < 4.78 is 5.04. The van der Waals surface area contributed by atoms with Crippen molar-refractivity contribution < 1.29 is 14.6 Å². The number of alkyl carbamates (subject to hydrolysis) is 1. The number of hydrogen-bond donors (Lipinski definition) is 3. The van der Waals surface area contributed by atoms with Crippen LogP contribution < -0.4 is 5.32 Å². The summed E-state index contributed by atoms with van der Waals surface area (Å²) in [6.45, 7) is 9.09. The van der Waals surface area contributed by atoms with E-state index in [0.29, 0.717) is 6.54 Å². The Morgan fingerprint density at radius 2 is 1.93 bits per heavy atom. The Balaban J connectivity index is 3.92. The molecule has 0 aromatic carbocycles. The Labute approximate surface area is 96.8 Å². The fraction of sp³-hybridized carbons (Fsp3) is 0.900. The van der Waals surface area contributed by atoms with Crippen molar-refractivity contribution >= 4 is 18.7 Å². The number of thiol groups is 1. The van der Waals surface area contributed by atoms with Gasteiger partial charge in [-0.05, 0) is 27.7 Å². The number of nitrogens with one attached hydrogen (secondary N) is 1. The van der Waals surface area contributed by atoms with Crippen molar-refractivity contribution in [3.63, 3.8) is 0 Å². The average Bonchev–Trinajstić information content (AvgIpc) is 1.94. The number of aliphatic hydroxyl groups is 1. The monoisotopic (exact) mass is 235 g/mol. The van der Waals surface area contributed by atoms with Gasteiger partial charge in [0, 0.05) is 12.5 Å². The molecule has 0 aliphatic heterocycles. The molecule has 0 bridgehead atoms. The lowest BCUT2D eigenvalue weighted by Gasteiger charge is -2.26. The molecular weight excluding hydrogens is 214 g/mol. The first-order valence-electron chi connectivity index (χ1n) is 4.94. The van der Waals surface area contributed by atoms with E-state index in [4.69, 9.17) is 4.74 Å². The second kappa shape index (κ2) is 5.07. The summed E-state index contributed by atoms with van der Waals surface area (Å²) in [5.74, 6) is -0.159. The van der Waals surface area contributed by atoms with Crippen molar-refractivity contribution in [1.82, 2.24) is 5.32 Å². The molecule has 0 fully saturated rings. The third-order valence-corrected chi connectivity index (χ3v) is 2.33. The molecule has 90 valence electrons. The van der Waals surface area contributed by atoms with Gasteiger partial charge in [0.05, 0.1) is 0 Å². The number of carbonyl (C=O) groups is 1. The maximum Gasteiger partial charge on any atom is 0.407 e. The van der Waals surface area contributed by atoms with Crippen LogP contribution in [0.2, 0.25) is 0 Å². The van der Waals surface area contributed by atoms with E-state index in [0.717, 1.165) is 0 Å². The van der Waals surface area contributed by atoms with Crippen molar-refractivity contribution in [3.8, 4) is 0 Å². The zero-order valence-corrected chi connectivity index (χ0v) is 10.9. The molecule has 0 aliphatic rings. The Bertz CT molecular complexity index is 218. The molecular formula is C10H21NO3S.